The number of hydrogen-bond acceptors (Lipinski definition) is 1. The maximum Gasteiger partial charge on any atom is 0.0995 e. The van der Waals surface area contributed by atoms with Crippen LogP contribution in [-0.2, 0) is 10.8 Å². The van der Waals surface area contributed by atoms with Crippen molar-refractivity contribution in [3.63, 3.8) is 0 Å². The predicted octanol–water partition coefficient (Wildman–Crippen LogP) is 14.9. The topological polar surface area (TPSA) is 28.2 Å². The minimum absolute atomic E-state index is 0.0176. The van der Waals surface area contributed by atoms with Crippen molar-refractivity contribution in [2.45, 2.75) is 140 Å². The fourth-order valence-corrected chi connectivity index (χ4v) is 16.5. The van der Waals surface area contributed by atoms with Gasteiger partial charge in [-0.1, -0.05) is 77.9 Å². The van der Waals surface area contributed by atoms with E-state index >= 15 is 0 Å². The molecule has 5 saturated carbocycles. The van der Waals surface area contributed by atoms with Gasteiger partial charge in [-0.05, 0) is 207 Å². The molecule has 0 aliphatic heterocycles. The van der Waals surface area contributed by atoms with Crippen LogP contribution in [0.5, 0.6) is 0 Å². The summed E-state index contributed by atoms with van der Waals surface area (Å²) in [4.78, 5) is 0. The van der Waals surface area contributed by atoms with Gasteiger partial charge in [-0.15, -0.1) is 0 Å². The zero-order valence-corrected chi connectivity index (χ0v) is 35.4. The summed E-state index contributed by atoms with van der Waals surface area (Å²) in [5, 5.41) is 20.2. The molecule has 5 fully saturated rings. The number of benzene rings is 5. The van der Waals surface area contributed by atoms with Crippen molar-refractivity contribution in [2.75, 3.05) is 0 Å². The lowest BCUT2D eigenvalue weighted by molar-refractivity contribution is 0.00322. The van der Waals surface area contributed by atoms with E-state index in [0.717, 1.165) is 29.2 Å². The minimum Gasteiger partial charge on any atom is -0.308 e. The van der Waals surface area contributed by atoms with Crippen LogP contribution >= 0.6 is 0 Å². The Kier molecular flexibility index (Phi) is 6.06. The van der Waals surface area contributed by atoms with Gasteiger partial charge in [-0.2, -0.15) is 5.26 Å². The summed E-state index contributed by atoms with van der Waals surface area (Å²) in [6.45, 7) is 14.5. The van der Waals surface area contributed by atoms with E-state index in [-0.39, 0.29) is 10.8 Å². The van der Waals surface area contributed by atoms with E-state index in [1.807, 2.05) is 0 Å². The summed E-state index contributed by atoms with van der Waals surface area (Å²) in [5.41, 5.74) is 17.9. The molecule has 290 valence electrons. The van der Waals surface area contributed by atoms with Gasteiger partial charge in [-0.25, -0.2) is 0 Å². The fraction of sp³-hybridized carbons (Fsp3) is 0.482. The van der Waals surface area contributed by atoms with Crippen LogP contribution in [0.25, 0.3) is 60.0 Å². The molecule has 2 heteroatoms. The van der Waals surface area contributed by atoms with Gasteiger partial charge in [0.1, 0.15) is 0 Å². The molecule has 0 N–H and O–H groups in total. The SMILES string of the molecule is CC(C)(C)c1cc(C(C)(C)C)c2cc3c4c5c(c(-c6ccccc6)cc4n4c6cc(C#N)c7c(c6c(c2c1)c34)C1CC2CC3CC7CC32C1)C1CC2CC(C1)CC5C2. The van der Waals surface area contributed by atoms with Crippen molar-refractivity contribution in [2.24, 2.45) is 29.1 Å². The number of hydrogen-bond donors (Lipinski definition) is 0. The van der Waals surface area contributed by atoms with Gasteiger partial charge in [0.25, 0.3) is 0 Å². The zero-order valence-electron chi connectivity index (χ0n) is 35.4. The molecule has 2 heterocycles. The first-order valence-electron chi connectivity index (χ1n) is 23.2. The second kappa shape index (κ2) is 10.5. The third-order valence-corrected chi connectivity index (χ3v) is 18.5. The molecule has 7 unspecified atom stereocenters. The number of aromatic nitrogens is 1. The summed E-state index contributed by atoms with van der Waals surface area (Å²) >= 11 is 0. The molecule has 1 spiro atoms. The van der Waals surface area contributed by atoms with Gasteiger partial charge in [0, 0.05) is 21.5 Å². The summed E-state index contributed by atoms with van der Waals surface area (Å²) in [5.74, 6) is 5.77. The molecule has 7 bridgehead atoms. The highest BCUT2D eigenvalue weighted by Gasteiger charge is 2.66. The number of rotatable bonds is 1. The molecule has 5 aromatic carbocycles. The van der Waals surface area contributed by atoms with E-state index in [0.29, 0.717) is 29.1 Å². The molecule has 0 saturated heterocycles. The molecule has 7 atom stereocenters. The van der Waals surface area contributed by atoms with Gasteiger partial charge in [0.2, 0.25) is 0 Å². The minimum atomic E-state index is -0.0194. The van der Waals surface area contributed by atoms with Gasteiger partial charge < -0.3 is 4.40 Å². The third kappa shape index (κ3) is 3.93. The lowest BCUT2D eigenvalue weighted by Crippen LogP contribution is -2.41. The van der Waals surface area contributed by atoms with Crippen molar-refractivity contribution < 1.29 is 0 Å². The Labute approximate surface area is 343 Å². The van der Waals surface area contributed by atoms with E-state index in [2.05, 4.69) is 113 Å². The maximum absolute atomic E-state index is 11.2. The van der Waals surface area contributed by atoms with Crippen LogP contribution in [0.1, 0.15) is 168 Å². The van der Waals surface area contributed by atoms with Crippen LogP contribution in [0.2, 0.25) is 0 Å². The smallest absolute Gasteiger partial charge is 0.0995 e. The Morgan fingerprint density at radius 3 is 1.91 bits per heavy atom. The monoisotopic (exact) mass is 756 g/mol. The summed E-state index contributed by atoms with van der Waals surface area (Å²) in [6, 6.07) is 27.3. The maximum atomic E-state index is 11.2. The highest BCUT2D eigenvalue weighted by molar-refractivity contribution is 6.33. The normalized spacial score (nSPS) is 31.7. The lowest BCUT2D eigenvalue weighted by atomic mass is 9.56. The number of nitriles is 1. The number of fused-ring (bicyclic) bond motifs is 14. The molecule has 15 rings (SSSR count). The van der Waals surface area contributed by atoms with Crippen LogP contribution in [-0.4, -0.2) is 4.40 Å². The van der Waals surface area contributed by atoms with Crippen molar-refractivity contribution in [1.29, 1.82) is 5.26 Å². The van der Waals surface area contributed by atoms with Crippen LogP contribution in [0.15, 0.2) is 60.7 Å². The quantitative estimate of drug-likeness (QED) is 0.164. The molecule has 8 aliphatic carbocycles. The summed E-state index contributed by atoms with van der Waals surface area (Å²) < 4.78 is 2.74. The van der Waals surface area contributed by atoms with Gasteiger partial charge in [0.15, 0.2) is 0 Å². The first kappa shape index (κ1) is 33.5. The number of nitrogens with zero attached hydrogens (tertiary/aromatic N) is 2. The van der Waals surface area contributed by atoms with E-state index in [9.17, 15) is 5.26 Å². The second-order valence-corrected chi connectivity index (χ2v) is 23.3. The van der Waals surface area contributed by atoms with Crippen LogP contribution in [0.3, 0.4) is 0 Å². The van der Waals surface area contributed by atoms with Crippen molar-refractivity contribution in [3.8, 4) is 17.2 Å². The van der Waals surface area contributed by atoms with Crippen molar-refractivity contribution in [3.05, 3.63) is 99.6 Å². The third-order valence-electron chi connectivity index (χ3n) is 18.5. The van der Waals surface area contributed by atoms with Crippen LogP contribution in [0, 0.1) is 40.4 Å². The first-order chi connectivity index (χ1) is 27.9. The largest absolute Gasteiger partial charge is 0.308 e. The molecule has 7 aromatic rings. The standard InChI is InChI=1S/C56H56N2/c1-54(2,3)36-21-41-40(43(22-36)55(4,5)6)23-42-50-45(24-39(30-10-8-7-9-11-30)47-31-13-28-12-29(14-31)16-32(15-28)48(47)50)58-44-19-35(27-57)46-33-17-37-20-38-18-34(26-56(37,38)25-33)49(46)52(44)51(41)53(42)58/h7-11,19,21-24,28-29,31-34,37-38H,12-18,20,25-26H2,1-6H3. The Balaban J connectivity index is 1.24. The van der Waals surface area contributed by atoms with Gasteiger partial charge >= 0.3 is 0 Å². The van der Waals surface area contributed by atoms with Crippen LogP contribution < -0.4 is 0 Å². The second-order valence-electron chi connectivity index (χ2n) is 23.3. The van der Waals surface area contributed by atoms with E-state index in [1.165, 1.54) is 136 Å². The Morgan fingerprint density at radius 1 is 0.586 bits per heavy atom. The summed E-state index contributed by atoms with van der Waals surface area (Å²) in [7, 11) is 0. The summed E-state index contributed by atoms with van der Waals surface area (Å²) in [6.07, 6.45) is 13.5. The average Bonchev–Trinajstić information content (AvgIpc) is 3.82. The lowest BCUT2D eigenvalue weighted by Gasteiger charge is -2.48. The average molecular weight is 757 g/mol. The zero-order chi connectivity index (χ0) is 38.9. The van der Waals surface area contributed by atoms with Gasteiger partial charge in [0.05, 0.1) is 28.2 Å². The Bertz CT molecular complexity index is 3030. The molecular formula is C56H56N2. The molecule has 0 radical (unpaired) electrons. The molecule has 58 heavy (non-hydrogen) atoms. The molecule has 2 nitrogen and oxygen atoms in total. The molecule has 0 amide bonds. The van der Waals surface area contributed by atoms with Crippen molar-refractivity contribution in [1.82, 2.24) is 4.40 Å². The highest BCUT2D eigenvalue weighted by Crippen LogP contribution is 2.77. The Hall–Kier alpha value is -4.35. The first-order valence-corrected chi connectivity index (χ1v) is 23.2. The highest BCUT2D eigenvalue weighted by atomic mass is 14.9. The van der Waals surface area contributed by atoms with Crippen LogP contribution in [0.4, 0.5) is 0 Å². The van der Waals surface area contributed by atoms with E-state index in [4.69, 9.17) is 0 Å². The molecular weight excluding hydrogens is 701 g/mol. The fourth-order valence-electron chi connectivity index (χ4n) is 16.5. The molecule has 2 aromatic heterocycles. The van der Waals surface area contributed by atoms with Gasteiger partial charge in [-0.3, -0.25) is 0 Å². The molecule has 8 aliphatic rings. The van der Waals surface area contributed by atoms with E-state index < -0.39 is 0 Å². The predicted molar refractivity (Wildman–Crippen MR) is 240 cm³/mol. The Morgan fingerprint density at radius 2 is 1.24 bits per heavy atom. The van der Waals surface area contributed by atoms with Crippen molar-refractivity contribution >= 4 is 48.9 Å². The van der Waals surface area contributed by atoms with E-state index in [1.54, 1.807) is 22.1 Å².